The van der Waals surface area contributed by atoms with Gasteiger partial charge >= 0.3 is 0 Å². The summed E-state index contributed by atoms with van der Waals surface area (Å²) in [7, 11) is 1.74. The van der Waals surface area contributed by atoms with Crippen LogP contribution < -0.4 is 9.47 Å². The van der Waals surface area contributed by atoms with Crippen molar-refractivity contribution < 1.29 is 14.3 Å². The number of carbonyl (C=O) groups is 1. The predicted molar refractivity (Wildman–Crippen MR) is 77.6 cm³/mol. The molecule has 0 radical (unpaired) electrons. The molecule has 1 unspecified atom stereocenters. The topological polar surface area (TPSA) is 51.7 Å². The number of aromatic nitrogens is 1. The zero-order chi connectivity index (χ0) is 14.7. The summed E-state index contributed by atoms with van der Waals surface area (Å²) in [6.45, 7) is 0.876. The highest BCUT2D eigenvalue weighted by Gasteiger charge is 2.24. The molecule has 5 nitrogen and oxygen atoms in total. The molecule has 5 heteroatoms. The summed E-state index contributed by atoms with van der Waals surface area (Å²) in [5, 5.41) is 0. The first kappa shape index (κ1) is 13.4. The number of carbonyl (C=O) groups excluding carboxylic acids is 1. The van der Waals surface area contributed by atoms with Gasteiger partial charge in [-0.25, -0.2) is 0 Å². The quantitative estimate of drug-likeness (QED) is 0.865. The van der Waals surface area contributed by atoms with Crippen molar-refractivity contribution in [2.75, 3.05) is 20.2 Å². The second-order valence-corrected chi connectivity index (χ2v) is 4.90. The Bertz CT molecular complexity index is 630. The fourth-order valence-electron chi connectivity index (χ4n) is 2.23. The average Bonchev–Trinajstić information content (AvgIpc) is 2.55. The van der Waals surface area contributed by atoms with Crippen LogP contribution in [-0.4, -0.2) is 42.1 Å². The van der Waals surface area contributed by atoms with Gasteiger partial charge in [0.15, 0.2) is 17.6 Å². The maximum Gasteiger partial charge on any atom is 0.272 e. The van der Waals surface area contributed by atoms with Gasteiger partial charge in [0.05, 0.1) is 6.54 Å². The van der Waals surface area contributed by atoms with E-state index in [0.717, 1.165) is 5.75 Å². The molecule has 0 saturated heterocycles. The Hall–Kier alpha value is -2.56. The molecule has 2 heterocycles. The molecule has 1 atom stereocenters. The van der Waals surface area contributed by atoms with Crippen LogP contribution in [0.4, 0.5) is 0 Å². The maximum absolute atomic E-state index is 12.2. The van der Waals surface area contributed by atoms with Gasteiger partial charge in [-0.1, -0.05) is 18.2 Å². The van der Waals surface area contributed by atoms with E-state index in [4.69, 9.17) is 9.47 Å². The van der Waals surface area contributed by atoms with E-state index in [2.05, 4.69) is 4.98 Å². The highest BCUT2D eigenvalue weighted by atomic mass is 16.6. The van der Waals surface area contributed by atoms with Crippen molar-refractivity contribution in [3.63, 3.8) is 0 Å². The number of rotatable bonds is 3. The maximum atomic E-state index is 12.2. The molecule has 1 aliphatic rings. The molecule has 3 rings (SSSR count). The second-order valence-electron chi connectivity index (χ2n) is 4.90. The Balaban J connectivity index is 1.64. The number of pyridine rings is 1. The molecule has 0 aliphatic carbocycles. The van der Waals surface area contributed by atoms with Crippen LogP contribution in [0, 0.1) is 0 Å². The molecular formula is C16H16N2O3. The number of para-hydroxylation sites is 2. The van der Waals surface area contributed by atoms with Crippen LogP contribution in [0.25, 0.3) is 0 Å². The van der Waals surface area contributed by atoms with E-state index in [9.17, 15) is 4.79 Å². The van der Waals surface area contributed by atoms with Crippen LogP contribution in [0.3, 0.4) is 0 Å². The zero-order valence-corrected chi connectivity index (χ0v) is 11.7. The van der Waals surface area contributed by atoms with Crippen LogP contribution >= 0.6 is 0 Å². The lowest BCUT2D eigenvalue weighted by Crippen LogP contribution is -2.42. The molecule has 0 bridgehead atoms. The predicted octanol–water partition coefficient (Wildman–Crippen LogP) is 1.99. The van der Waals surface area contributed by atoms with E-state index in [1.165, 1.54) is 0 Å². The standard InChI is InChI=1S/C16H16N2O3/c1-18(16(19)13-6-4-5-9-17-13)10-12-11-20-14-7-2-3-8-15(14)21-12/h2-9,12H,10-11H2,1H3. The normalized spacial score (nSPS) is 16.3. The van der Waals surface area contributed by atoms with E-state index < -0.39 is 0 Å². The Labute approximate surface area is 123 Å². The minimum Gasteiger partial charge on any atom is -0.486 e. The minimum absolute atomic E-state index is 0.127. The van der Waals surface area contributed by atoms with Crippen molar-refractivity contribution in [3.8, 4) is 11.5 Å². The summed E-state index contributed by atoms with van der Waals surface area (Å²) >= 11 is 0. The Morgan fingerprint density at radius 1 is 1.24 bits per heavy atom. The number of likely N-dealkylation sites (N-methyl/N-ethyl adjacent to an activating group) is 1. The molecule has 108 valence electrons. The van der Waals surface area contributed by atoms with Gasteiger partial charge in [0, 0.05) is 13.2 Å². The Morgan fingerprint density at radius 2 is 2.00 bits per heavy atom. The number of hydrogen-bond acceptors (Lipinski definition) is 4. The number of benzene rings is 1. The molecule has 1 amide bonds. The summed E-state index contributed by atoms with van der Waals surface area (Å²) in [5.41, 5.74) is 0.428. The van der Waals surface area contributed by atoms with E-state index in [-0.39, 0.29) is 12.0 Å². The highest BCUT2D eigenvalue weighted by Crippen LogP contribution is 2.30. The first-order chi connectivity index (χ1) is 10.2. The summed E-state index contributed by atoms with van der Waals surface area (Å²) in [5.74, 6) is 1.33. The second kappa shape index (κ2) is 5.83. The van der Waals surface area contributed by atoms with Gasteiger partial charge in [0.2, 0.25) is 0 Å². The molecule has 1 aromatic heterocycles. The van der Waals surface area contributed by atoms with Gasteiger partial charge in [0.25, 0.3) is 5.91 Å². The summed E-state index contributed by atoms with van der Waals surface area (Å²) in [4.78, 5) is 17.9. The van der Waals surface area contributed by atoms with E-state index in [0.29, 0.717) is 24.6 Å². The number of hydrogen-bond donors (Lipinski definition) is 0. The van der Waals surface area contributed by atoms with Gasteiger partial charge in [-0.05, 0) is 24.3 Å². The third kappa shape index (κ3) is 2.97. The molecule has 0 spiro atoms. The lowest BCUT2D eigenvalue weighted by atomic mass is 10.2. The van der Waals surface area contributed by atoms with Crippen molar-refractivity contribution >= 4 is 5.91 Å². The van der Waals surface area contributed by atoms with Crippen molar-refractivity contribution in [1.29, 1.82) is 0 Å². The van der Waals surface area contributed by atoms with Crippen LogP contribution in [0.2, 0.25) is 0 Å². The number of fused-ring (bicyclic) bond motifs is 1. The van der Waals surface area contributed by atoms with Crippen LogP contribution in [0.1, 0.15) is 10.5 Å². The third-order valence-corrected chi connectivity index (χ3v) is 3.28. The third-order valence-electron chi connectivity index (χ3n) is 3.28. The van der Waals surface area contributed by atoms with Crippen LogP contribution in [0.5, 0.6) is 11.5 Å². The SMILES string of the molecule is CN(CC1COc2ccccc2O1)C(=O)c1ccccn1. The fraction of sp³-hybridized carbons (Fsp3) is 0.250. The lowest BCUT2D eigenvalue weighted by molar-refractivity contribution is 0.0517. The first-order valence-electron chi connectivity index (χ1n) is 6.79. The monoisotopic (exact) mass is 284 g/mol. The number of ether oxygens (including phenoxy) is 2. The molecule has 21 heavy (non-hydrogen) atoms. The molecule has 1 aliphatic heterocycles. The summed E-state index contributed by atoms with van der Waals surface area (Å²) < 4.78 is 11.5. The lowest BCUT2D eigenvalue weighted by Gasteiger charge is -2.29. The average molecular weight is 284 g/mol. The molecule has 0 N–H and O–H groups in total. The number of nitrogens with zero attached hydrogens (tertiary/aromatic N) is 2. The Kier molecular flexibility index (Phi) is 3.73. The smallest absolute Gasteiger partial charge is 0.272 e. The van der Waals surface area contributed by atoms with Gasteiger partial charge in [0.1, 0.15) is 12.3 Å². The largest absolute Gasteiger partial charge is 0.486 e. The molecular weight excluding hydrogens is 268 g/mol. The minimum atomic E-state index is -0.183. The molecule has 2 aromatic rings. The highest BCUT2D eigenvalue weighted by molar-refractivity contribution is 5.92. The zero-order valence-electron chi connectivity index (χ0n) is 11.7. The molecule has 1 aromatic carbocycles. The van der Waals surface area contributed by atoms with E-state index in [1.54, 1.807) is 36.3 Å². The van der Waals surface area contributed by atoms with Gasteiger partial charge in [-0.15, -0.1) is 0 Å². The van der Waals surface area contributed by atoms with E-state index >= 15 is 0 Å². The molecule has 0 saturated carbocycles. The van der Waals surface area contributed by atoms with Gasteiger partial charge < -0.3 is 14.4 Å². The first-order valence-corrected chi connectivity index (χ1v) is 6.79. The summed E-state index contributed by atoms with van der Waals surface area (Å²) in [6.07, 6.45) is 1.43. The van der Waals surface area contributed by atoms with Crippen LogP contribution in [-0.2, 0) is 0 Å². The van der Waals surface area contributed by atoms with Crippen molar-refractivity contribution in [3.05, 3.63) is 54.4 Å². The van der Waals surface area contributed by atoms with Crippen molar-refractivity contribution in [2.24, 2.45) is 0 Å². The Morgan fingerprint density at radius 3 is 2.76 bits per heavy atom. The van der Waals surface area contributed by atoms with Gasteiger partial charge in [-0.3, -0.25) is 9.78 Å². The van der Waals surface area contributed by atoms with Crippen molar-refractivity contribution in [1.82, 2.24) is 9.88 Å². The summed E-state index contributed by atoms with van der Waals surface area (Å²) in [6, 6.07) is 12.8. The number of amides is 1. The van der Waals surface area contributed by atoms with Gasteiger partial charge in [-0.2, -0.15) is 0 Å². The van der Waals surface area contributed by atoms with Crippen molar-refractivity contribution in [2.45, 2.75) is 6.10 Å². The van der Waals surface area contributed by atoms with E-state index in [1.807, 2.05) is 24.3 Å². The molecule has 0 fully saturated rings. The fourth-order valence-corrected chi connectivity index (χ4v) is 2.23. The van der Waals surface area contributed by atoms with Crippen LogP contribution in [0.15, 0.2) is 48.7 Å².